The molecule has 0 aliphatic heterocycles. The SMILES string of the molecule is CC(O)NC(C)O.CCCCCCCCCCC=CC(CC(=O)O)C(=O)O. The van der Waals surface area contributed by atoms with Gasteiger partial charge in [0.05, 0.1) is 12.3 Å². The minimum atomic E-state index is -1.07. The molecule has 0 saturated carbocycles. The molecule has 0 aliphatic carbocycles. The van der Waals surface area contributed by atoms with E-state index < -0.39 is 30.3 Å². The highest BCUT2D eigenvalue weighted by Crippen LogP contribution is 2.11. The Labute approximate surface area is 163 Å². The van der Waals surface area contributed by atoms with Crippen molar-refractivity contribution in [2.75, 3.05) is 0 Å². The number of hydrogen-bond acceptors (Lipinski definition) is 5. The molecule has 0 aromatic carbocycles. The third-order valence-corrected chi connectivity index (χ3v) is 3.79. The Balaban J connectivity index is 0. The molecule has 0 amide bonds. The molecule has 3 atom stereocenters. The van der Waals surface area contributed by atoms with E-state index in [0.717, 1.165) is 19.3 Å². The summed E-state index contributed by atoms with van der Waals surface area (Å²) in [6.45, 7) is 5.31. The van der Waals surface area contributed by atoms with Crippen molar-refractivity contribution in [2.24, 2.45) is 5.92 Å². The molecule has 0 heterocycles. The monoisotopic (exact) mass is 389 g/mol. The van der Waals surface area contributed by atoms with Gasteiger partial charge < -0.3 is 20.4 Å². The molecule has 5 N–H and O–H groups in total. The van der Waals surface area contributed by atoms with Crippen molar-refractivity contribution in [1.82, 2.24) is 5.32 Å². The van der Waals surface area contributed by atoms with Gasteiger partial charge in [-0.3, -0.25) is 14.9 Å². The van der Waals surface area contributed by atoms with E-state index in [-0.39, 0.29) is 6.42 Å². The van der Waals surface area contributed by atoms with Crippen molar-refractivity contribution in [3.8, 4) is 0 Å². The maximum absolute atomic E-state index is 10.8. The molecule has 0 saturated heterocycles. The predicted molar refractivity (Wildman–Crippen MR) is 106 cm³/mol. The average molecular weight is 390 g/mol. The molecular weight excluding hydrogens is 350 g/mol. The number of carboxylic acids is 2. The molecule has 0 fully saturated rings. The molecule has 0 bridgehead atoms. The van der Waals surface area contributed by atoms with Crippen LogP contribution in [-0.2, 0) is 9.59 Å². The first-order valence-corrected chi connectivity index (χ1v) is 9.94. The summed E-state index contributed by atoms with van der Waals surface area (Å²) in [6.07, 6.45) is 12.5. The largest absolute Gasteiger partial charge is 0.481 e. The lowest BCUT2D eigenvalue weighted by atomic mass is 10.0. The van der Waals surface area contributed by atoms with Gasteiger partial charge in [-0.2, -0.15) is 0 Å². The van der Waals surface area contributed by atoms with Gasteiger partial charge >= 0.3 is 11.9 Å². The van der Waals surface area contributed by atoms with Gasteiger partial charge in [0.1, 0.15) is 12.5 Å². The minimum absolute atomic E-state index is 0.344. The number of carboxylic acid groups (broad SMARTS) is 2. The molecule has 0 radical (unpaired) electrons. The number of hydrogen-bond donors (Lipinski definition) is 5. The first kappa shape index (κ1) is 27.8. The number of carbonyl (C=O) groups is 2. The van der Waals surface area contributed by atoms with Crippen molar-refractivity contribution < 1.29 is 30.0 Å². The number of nitrogens with one attached hydrogen (secondary N) is 1. The lowest BCUT2D eigenvalue weighted by Crippen LogP contribution is -2.33. The van der Waals surface area contributed by atoms with E-state index in [1.165, 1.54) is 44.6 Å². The van der Waals surface area contributed by atoms with E-state index >= 15 is 0 Å². The lowest BCUT2D eigenvalue weighted by Gasteiger charge is -2.08. The van der Waals surface area contributed by atoms with Crippen molar-refractivity contribution in [3.05, 3.63) is 12.2 Å². The van der Waals surface area contributed by atoms with Crippen LogP contribution in [0.15, 0.2) is 12.2 Å². The fourth-order valence-corrected chi connectivity index (χ4v) is 2.43. The highest BCUT2D eigenvalue weighted by molar-refractivity contribution is 5.79. The van der Waals surface area contributed by atoms with Crippen LogP contribution < -0.4 is 5.32 Å². The van der Waals surface area contributed by atoms with Gasteiger partial charge in [-0.25, -0.2) is 0 Å². The Morgan fingerprint density at radius 2 is 1.37 bits per heavy atom. The Morgan fingerprint density at radius 1 is 0.889 bits per heavy atom. The van der Waals surface area contributed by atoms with Crippen molar-refractivity contribution >= 4 is 11.9 Å². The molecule has 0 aromatic heterocycles. The zero-order chi connectivity index (χ0) is 21.1. The third-order valence-electron chi connectivity index (χ3n) is 3.79. The summed E-state index contributed by atoms with van der Waals surface area (Å²) in [5.41, 5.74) is 0. The van der Waals surface area contributed by atoms with E-state index in [0.29, 0.717) is 0 Å². The van der Waals surface area contributed by atoms with Gasteiger partial charge in [0.2, 0.25) is 0 Å². The zero-order valence-corrected chi connectivity index (χ0v) is 17.1. The summed E-state index contributed by atoms with van der Waals surface area (Å²) < 4.78 is 0. The van der Waals surface area contributed by atoms with Gasteiger partial charge in [-0.1, -0.05) is 64.0 Å². The number of unbranched alkanes of at least 4 members (excludes halogenated alkanes) is 8. The Bertz CT molecular complexity index is 390. The third kappa shape index (κ3) is 24.6. The highest BCUT2D eigenvalue weighted by Gasteiger charge is 2.17. The maximum atomic E-state index is 10.8. The van der Waals surface area contributed by atoms with Gasteiger partial charge in [0.25, 0.3) is 0 Å². The van der Waals surface area contributed by atoms with Gasteiger partial charge in [-0.15, -0.1) is 0 Å². The average Bonchev–Trinajstić information content (AvgIpc) is 2.54. The second-order valence-electron chi connectivity index (χ2n) is 6.75. The van der Waals surface area contributed by atoms with Gasteiger partial charge in [0, 0.05) is 0 Å². The summed E-state index contributed by atoms with van der Waals surface area (Å²) in [7, 11) is 0. The van der Waals surface area contributed by atoms with Crippen molar-refractivity contribution in [1.29, 1.82) is 0 Å². The lowest BCUT2D eigenvalue weighted by molar-refractivity contribution is -0.146. The van der Waals surface area contributed by atoms with Crippen LogP contribution in [0.5, 0.6) is 0 Å². The molecule has 0 spiro atoms. The van der Waals surface area contributed by atoms with E-state index in [1.54, 1.807) is 19.9 Å². The van der Waals surface area contributed by atoms with E-state index in [2.05, 4.69) is 12.2 Å². The van der Waals surface area contributed by atoms with Crippen LogP contribution in [0.25, 0.3) is 0 Å². The van der Waals surface area contributed by atoms with Crippen LogP contribution in [0.2, 0.25) is 0 Å². The first-order valence-electron chi connectivity index (χ1n) is 9.94. The van der Waals surface area contributed by atoms with Crippen LogP contribution in [0.4, 0.5) is 0 Å². The normalized spacial score (nSPS) is 14.3. The summed E-state index contributed by atoms with van der Waals surface area (Å²) in [5.74, 6) is -3.05. The summed E-state index contributed by atoms with van der Waals surface area (Å²) in [6, 6.07) is 0. The molecule has 0 aromatic rings. The molecule has 3 unspecified atom stereocenters. The number of aliphatic hydroxyl groups excluding tert-OH is 2. The second-order valence-corrected chi connectivity index (χ2v) is 6.75. The maximum Gasteiger partial charge on any atom is 0.310 e. The van der Waals surface area contributed by atoms with Crippen molar-refractivity contribution in [3.63, 3.8) is 0 Å². The van der Waals surface area contributed by atoms with Crippen LogP contribution >= 0.6 is 0 Å². The Hall–Kier alpha value is -1.44. The molecule has 160 valence electrons. The molecule has 0 aliphatic rings. The van der Waals surface area contributed by atoms with Crippen LogP contribution in [-0.4, -0.2) is 44.8 Å². The fourth-order valence-electron chi connectivity index (χ4n) is 2.43. The first-order chi connectivity index (χ1) is 12.7. The number of aliphatic hydroxyl groups is 2. The van der Waals surface area contributed by atoms with Crippen LogP contribution in [0, 0.1) is 5.92 Å². The quantitative estimate of drug-likeness (QED) is 0.165. The molecule has 7 nitrogen and oxygen atoms in total. The number of rotatable bonds is 15. The van der Waals surface area contributed by atoms with E-state index in [9.17, 15) is 9.59 Å². The van der Waals surface area contributed by atoms with E-state index in [4.69, 9.17) is 20.4 Å². The highest BCUT2D eigenvalue weighted by atomic mass is 16.4. The molecule has 7 heteroatoms. The number of aliphatic carboxylic acids is 2. The standard InChI is InChI=1S/C16H28O4.C4H11NO2/c1-2-3-4-5-6-7-8-9-10-11-12-14(16(19)20)13-15(17)18;1-3(6)5-4(2)7/h11-12,14H,2-10,13H2,1H3,(H,17,18)(H,19,20);3-7H,1-2H3. The minimum Gasteiger partial charge on any atom is -0.481 e. The Kier molecular flexibility index (Phi) is 19.9. The summed E-state index contributed by atoms with van der Waals surface area (Å²) >= 11 is 0. The predicted octanol–water partition coefficient (Wildman–Crippen LogP) is 3.50. The second kappa shape index (κ2) is 19.3. The van der Waals surface area contributed by atoms with Gasteiger partial charge in [0.15, 0.2) is 0 Å². The van der Waals surface area contributed by atoms with E-state index in [1.807, 2.05) is 0 Å². The fraction of sp³-hybridized carbons (Fsp3) is 0.800. The van der Waals surface area contributed by atoms with Crippen molar-refractivity contribution in [2.45, 2.75) is 97.4 Å². The summed E-state index contributed by atoms with van der Waals surface area (Å²) in [4.78, 5) is 21.3. The smallest absolute Gasteiger partial charge is 0.310 e. The zero-order valence-electron chi connectivity index (χ0n) is 17.1. The summed E-state index contributed by atoms with van der Waals surface area (Å²) in [5, 5.41) is 36.8. The Morgan fingerprint density at radius 3 is 1.74 bits per heavy atom. The molecular formula is C20H39NO6. The number of allylic oxidation sites excluding steroid dienone is 1. The van der Waals surface area contributed by atoms with Gasteiger partial charge in [-0.05, 0) is 26.7 Å². The molecule has 0 rings (SSSR count). The van der Waals surface area contributed by atoms with Crippen LogP contribution in [0.1, 0.15) is 85.0 Å². The van der Waals surface area contributed by atoms with Crippen LogP contribution in [0.3, 0.4) is 0 Å². The topological polar surface area (TPSA) is 127 Å². The molecule has 27 heavy (non-hydrogen) atoms.